The summed E-state index contributed by atoms with van der Waals surface area (Å²) in [6.07, 6.45) is -2.03. The van der Waals surface area contributed by atoms with Crippen molar-refractivity contribution in [3.63, 3.8) is 0 Å². The lowest BCUT2D eigenvalue weighted by atomic mass is 10.0. The Labute approximate surface area is 207 Å². The average molecular weight is 500 g/mol. The van der Waals surface area contributed by atoms with E-state index in [0.717, 1.165) is 43.2 Å². The molecule has 36 heavy (non-hydrogen) atoms. The van der Waals surface area contributed by atoms with E-state index in [9.17, 15) is 18.0 Å². The van der Waals surface area contributed by atoms with Crippen molar-refractivity contribution in [2.24, 2.45) is 0 Å². The standard InChI is InChI=1S/C25H28F3N7O/c1-15-19(8-9-21(30-15)35(4)11-5-10-34(2)3)32-24-29-14-16-12-22(36)31-20-13-17(25(26,27)28)6-7-18(20)23(16)33-24/h6-9,13-14H,5,10-12H2,1-4H3,(H,31,36)(H,29,32,33). The Bertz CT molecular complexity index is 1280. The summed E-state index contributed by atoms with van der Waals surface area (Å²) in [4.78, 5) is 30.1. The number of amides is 1. The summed E-state index contributed by atoms with van der Waals surface area (Å²) in [6, 6.07) is 7.04. The molecule has 0 atom stereocenters. The molecule has 0 aliphatic carbocycles. The molecule has 4 rings (SSSR count). The molecule has 0 fully saturated rings. The molecule has 11 heteroatoms. The average Bonchev–Trinajstić information content (AvgIpc) is 2.94. The Balaban J connectivity index is 1.59. The number of carbonyl (C=O) groups excluding carboxylic acids is 1. The Morgan fingerprint density at radius 2 is 1.86 bits per heavy atom. The van der Waals surface area contributed by atoms with E-state index < -0.39 is 17.6 Å². The highest BCUT2D eigenvalue weighted by Gasteiger charge is 2.32. The first kappa shape index (κ1) is 25.4. The number of halogens is 3. The molecule has 3 heterocycles. The molecule has 2 N–H and O–H groups in total. The first-order chi connectivity index (χ1) is 17.0. The fourth-order valence-electron chi connectivity index (χ4n) is 3.98. The number of hydrogen-bond acceptors (Lipinski definition) is 7. The minimum absolute atomic E-state index is 0.0406. The van der Waals surface area contributed by atoms with Gasteiger partial charge in [-0.05, 0) is 58.3 Å². The van der Waals surface area contributed by atoms with E-state index in [1.54, 1.807) is 0 Å². The number of benzene rings is 1. The normalized spacial score (nSPS) is 13.1. The van der Waals surface area contributed by atoms with E-state index in [1.165, 1.54) is 12.3 Å². The Kier molecular flexibility index (Phi) is 7.11. The third-order valence-electron chi connectivity index (χ3n) is 5.90. The number of aromatic nitrogens is 3. The SMILES string of the molecule is Cc1nc(N(C)CCCN(C)C)ccc1Nc1ncc2c(n1)-c1ccc(C(F)(F)F)cc1NC(=O)C2. The molecule has 190 valence electrons. The predicted octanol–water partition coefficient (Wildman–Crippen LogP) is 4.49. The van der Waals surface area contributed by atoms with Crippen molar-refractivity contribution in [3.8, 4) is 11.3 Å². The quantitative estimate of drug-likeness (QED) is 0.495. The fourth-order valence-corrected chi connectivity index (χ4v) is 3.98. The molecule has 0 saturated heterocycles. The van der Waals surface area contributed by atoms with Crippen molar-refractivity contribution in [2.45, 2.75) is 25.9 Å². The maximum absolute atomic E-state index is 13.2. The zero-order valence-corrected chi connectivity index (χ0v) is 20.6. The second kappa shape index (κ2) is 10.1. The smallest absolute Gasteiger partial charge is 0.360 e. The number of pyridine rings is 1. The number of anilines is 4. The van der Waals surface area contributed by atoms with Crippen LogP contribution in [0.2, 0.25) is 0 Å². The van der Waals surface area contributed by atoms with E-state index in [4.69, 9.17) is 0 Å². The molecule has 0 saturated carbocycles. The molecular formula is C25H28F3N7O. The van der Waals surface area contributed by atoms with Crippen molar-refractivity contribution >= 4 is 29.0 Å². The number of fused-ring (bicyclic) bond motifs is 3. The van der Waals surface area contributed by atoms with Crippen LogP contribution >= 0.6 is 0 Å². The largest absolute Gasteiger partial charge is 0.416 e. The molecule has 0 unspecified atom stereocenters. The van der Waals surface area contributed by atoms with Crippen molar-refractivity contribution in [1.29, 1.82) is 0 Å². The summed E-state index contributed by atoms with van der Waals surface area (Å²) in [6.45, 7) is 3.73. The van der Waals surface area contributed by atoms with E-state index in [0.29, 0.717) is 22.5 Å². The number of nitrogens with zero attached hydrogens (tertiary/aromatic N) is 5. The molecule has 1 aliphatic rings. The van der Waals surface area contributed by atoms with Crippen molar-refractivity contribution in [1.82, 2.24) is 19.9 Å². The predicted molar refractivity (Wildman–Crippen MR) is 134 cm³/mol. The Hall–Kier alpha value is -3.73. The molecule has 1 aliphatic heterocycles. The second-order valence-corrected chi connectivity index (χ2v) is 9.06. The van der Waals surface area contributed by atoms with Gasteiger partial charge in [-0.2, -0.15) is 13.2 Å². The van der Waals surface area contributed by atoms with Gasteiger partial charge < -0.3 is 20.4 Å². The highest BCUT2D eigenvalue weighted by Crippen LogP contribution is 2.38. The molecule has 1 aromatic carbocycles. The molecule has 0 spiro atoms. The number of alkyl halides is 3. The van der Waals surface area contributed by atoms with Crippen LogP contribution in [0.3, 0.4) is 0 Å². The van der Waals surface area contributed by atoms with Gasteiger partial charge in [-0.3, -0.25) is 4.79 Å². The van der Waals surface area contributed by atoms with Gasteiger partial charge in [0.15, 0.2) is 0 Å². The Morgan fingerprint density at radius 3 is 2.56 bits per heavy atom. The van der Waals surface area contributed by atoms with Gasteiger partial charge in [0.2, 0.25) is 11.9 Å². The first-order valence-corrected chi connectivity index (χ1v) is 11.5. The lowest BCUT2D eigenvalue weighted by Crippen LogP contribution is -2.24. The van der Waals surface area contributed by atoms with Gasteiger partial charge in [0.1, 0.15) is 5.82 Å². The lowest BCUT2D eigenvalue weighted by Gasteiger charge is -2.20. The summed E-state index contributed by atoms with van der Waals surface area (Å²) >= 11 is 0. The zero-order chi connectivity index (χ0) is 26.0. The number of aryl methyl sites for hydroxylation is 1. The van der Waals surface area contributed by atoms with Gasteiger partial charge in [-0.15, -0.1) is 0 Å². The molecule has 2 aromatic heterocycles. The number of carbonyl (C=O) groups is 1. The highest BCUT2D eigenvalue weighted by molar-refractivity contribution is 6.00. The zero-order valence-electron chi connectivity index (χ0n) is 20.6. The molecule has 0 bridgehead atoms. The van der Waals surface area contributed by atoms with Crippen LogP contribution in [-0.2, 0) is 17.4 Å². The highest BCUT2D eigenvalue weighted by atomic mass is 19.4. The van der Waals surface area contributed by atoms with Gasteiger partial charge in [0.05, 0.1) is 34.7 Å². The van der Waals surface area contributed by atoms with E-state index in [-0.39, 0.29) is 18.1 Å². The number of rotatable bonds is 7. The fraction of sp³-hybridized carbons (Fsp3) is 0.360. The van der Waals surface area contributed by atoms with Crippen LogP contribution in [0.4, 0.5) is 36.3 Å². The summed E-state index contributed by atoms with van der Waals surface area (Å²) in [5, 5.41) is 5.70. The third kappa shape index (κ3) is 5.73. The van der Waals surface area contributed by atoms with Crippen LogP contribution in [0, 0.1) is 6.92 Å². The molecular weight excluding hydrogens is 471 g/mol. The minimum Gasteiger partial charge on any atom is -0.360 e. The van der Waals surface area contributed by atoms with Crippen LogP contribution in [0.5, 0.6) is 0 Å². The number of nitrogens with one attached hydrogen (secondary N) is 2. The van der Waals surface area contributed by atoms with Gasteiger partial charge in [0, 0.05) is 30.9 Å². The monoisotopic (exact) mass is 499 g/mol. The first-order valence-electron chi connectivity index (χ1n) is 11.5. The van der Waals surface area contributed by atoms with E-state index >= 15 is 0 Å². The van der Waals surface area contributed by atoms with Crippen LogP contribution in [0.15, 0.2) is 36.5 Å². The van der Waals surface area contributed by atoms with Gasteiger partial charge in [0.25, 0.3) is 0 Å². The van der Waals surface area contributed by atoms with Crippen LogP contribution in [-0.4, -0.2) is 60.0 Å². The van der Waals surface area contributed by atoms with Crippen molar-refractivity contribution in [3.05, 3.63) is 53.3 Å². The molecule has 3 aromatic rings. The maximum atomic E-state index is 13.2. The summed E-state index contributed by atoms with van der Waals surface area (Å²) in [7, 11) is 6.08. The topological polar surface area (TPSA) is 86.3 Å². The lowest BCUT2D eigenvalue weighted by molar-refractivity contribution is -0.137. The Morgan fingerprint density at radius 1 is 1.08 bits per heavy atom. The summed E-state index contributed by atoms with van der Waals surface area (Å²) < 4.78 is 39.6. The minimum atomic E-state index is -4.52. The van der Waals surface area contributed by atoms with E-state index in [2.05, 4.69) is 35.4 Å². The van der Waals surface area contributed by atoms with Gasteiger partial charge >= 0.3 is 6.18 Å². The number of hydrogen-bond donors (Lipinski definition) is 2. The molecule has 1 amide bonds. The maximum Gasteiger partial charge on any atom is 0.416 e. The molecule has 8 nitrogen and oxygen atoms in total. The second-order valence-electron chi connectivity index (χ2n) is 9.06. The summed E-state index contributed by atoms with van der Waals surface area (Å²) in [5.74, 6) is 0.675. The van der Waals surface area contributed by atoms with Crippen molar-refractivity contribution in [2.75, 3.05) is 49.8 Å². The summed E-state index contributed by atoms with van der Waals surface area (Å²) in [5.41, 5.74) is 2.01. The van der Waals surface area contributed by atoms with Crippen LogP contribution in [0.1, 0.15) is 23.2 Å². The molecule has 0 radical (unpaired) electrons. The van der Waals surface area contributed by atoms with E-state index in [1.807, 2.05) is 40.2 Å². The third-order valence-corrected chi connectivity index (χ3v) is 5.90. The van der Waals surface area contributed by atoms with Crippen molar-refractivity contribution < 1.29 is 18.0 Å². The van der Waals surface area contributed by atoms with Gasteiger partial charge in [-0.25, -0.2) is 15.0 Å². The van der Waals surface area contributed by atoms with Crippen LogP contribution < -0.4 is 15.5 Å². The van der Waals surface area contributed by atoms with Gasteiger partial charge in [-0.1, -0.05) is 6.07 Å². The van der Waals surface area contributed by atoms with Crippen LogP contribution in [0.25, 0.3) is 11.3 Å².